The molecule has 1 aromatic rings. The van der Waals surface area contributed by atoms with Crippen LogP contribution in [0.15, 0.2) is 18.2 Å². The summed E-state index contributed by atoms with van der Waals surface area (Å²) in [6.45, 7) is 4.47. The van der Waals surface area contributed by atoms with Crippen LogP contribution in [-0.2, 0) is 6.42 Å². The first-order valence-corrected chi connectivity index (χ1v) is 12.0. The van der Waals surface area contributed by atoms with E-state index in [0.29, 0.717) is 5.92 Å². The van der Waals surface area contributed by atoms with Gasteiger partial charge in [-0.15, -0.1) is 0 Å². The Balaban J connectivity index is 1.46. The molecule has 0 unspecified atom stereocenters. The van der Waals surface area contributed by atoms with Crippen LogP contribution in [0.4, 0.5) is 4.39 Å². The monoisotopic (exact) mass is 382 g/mol. The minimum Gasteiger partial charge on any atom is -0.207 e. The molecular formula is C27H39F. The van der Waals surface area contributed by atoms with Crippen LogP contribution < -0.4 is 0 Å². The van der Waals surface area contributed by atoms with Gasteiger partial charge in [0.15, 0.2) is 0 Å². The third kappa shape index (κ3) is 6.10. The van der Waals surface area contributed by atoms with Crippen molar-refractivity contribution in [2.24, 2.45) is 23.7 Å². The minimum atomic E-state index is -0.0809. The van der Waals surface area contributed by atoms with Gasteiger partial charge in [-0.1, -0.05) is 63.9 Å². The van der Waals surface area contributed by atoms with Gasteiger partial charge in [0, 0.05) is 11.5 Å². The first-order valence-electron chi connectivity index (χ1n) is 12.0. The van der Waals surface area contributed by atoms with Crippen molar-refractivity contribution in [2.45, 2.75) is 97.3 Å². The third-order valence-electron chi connectivity index (χ3n) is 7.30. The molecule has 154 valence electrons. The fourth-order valence-electron chi connectivity index (χ4n) is 5.47. The van der Waals surface area contributed by atoms with Gasteiger partial charge in [0.05, 0.1) is 0 Å². The quantitative estimate of drug-likeness (QED) is 0.438. The van der Waals surface area contributed by atoms with E-state index in [-0.39, 0.29) is 5.82 Å². The van der Waals surface area contributed by atoms with Gasteiger partial charge in [-0.25, -0.2) is 4.39 Å². The Bertz CT molecular complexity index is 649. The lowest BCUT2D eigenvalue weighted by molar-refractivity contribution is 0.154. The van der Waals surface area contributed by atoms with Crippen molar-refractivity contribution < 1.29 is 4.39 Å². The summed E-state index contributed by atoms with van der Waals surface area (Å²) >= 11 is 0. The van der Waals surface area contributed by atoms with Crippen molar-refractivity contribution >= 4 is 0 Å². The van der Waals surface area contributed by atoms with Crippen LogP contribution in [-0.4, -0.2) is 0 Å². The van der Waals surface area contributed by atoms with Crippen LogP contribution in [0.2, 0.25) is 0 Å². The zero-order chi connectivity index (χ0) is 19.8. The van der Waals surface area contributed by atoms with Crippen LogP contribution in [0.5, 0.6) is 0 Å². The lowest BCUT2D eigenvalue weighted by Gasteiger charge is -2.37. The van der Waals surface area contributed by atoms with Crippen molar-refractivity contribution in [3.63, 3.8) is 0 Å². The van der Waals surface area contributed by atoms with Crippen molar-refractivity contribution in [1.29, 1.82) is 0 Å². The van der Waals surface area contributed by atoms with Gasteiger partial charge in [0.1, 0.15) is 5.82 Å². The summed E-state index contributed by atoms with van der Waals surface area (Å²) in [5.74, 6) is 10.1. The molecule has 0 aliphatic heterocycles. The maximum atomic E-state index is 14.2. The predicted octanol–water partition coefficient (Wildman–Crippen LogP) is 7.93. The number of rotatable bonds is 6. The highest BCUT2D eigenvalue weighted by Gasteiger charge is 2.30. The van der Waals surface area contributed by atoms with Gasteiger partial charge < -0.3 is 0 Å². The Morgan fingerprint density at radius 2 is 1.57 bits per heavy atom. The number of aryl methyl sites for hydroxylation is 1. The summed E-state index contributed by atoms with van der Waals surface area (Å²) in [5.41, 5.74) is 1.68. The molecule has 28 heavy (non-hydrogen) atoms. The van der Waals surface area contributed by atoms with E-state index in [2.05, 4.69) is 25.7 Å². The molecule has 0 heterocycles. The highest BCUT2D eigenvalue weighted by Crippen LogP contribution is 2.42. The van der Waals surface area contributed by atoms with Gasteiger partial charge in [-0.05, 0) is 86.8 Å². The molecule has 0 atom stereocenters. The molecule has 0 amide bonds. The summed E-state index contributed by atoms with van der Waals surface area (Å²) in [4.78, 5) is 0. The van der Waals surface area contributed by atoms with Crippen molar-refractivity contribution in [3.05, 3.63) is 35.1 Å². The average molecular weight is 383 g/mol. The molecule has 2 aliphatic carbocycles. The molecule has 3 rings (SSSR count). The van der Waals surface area contributed by atoms with E-state index in [1.807, 2.05) is 12.1 Å². The maximum absolute atomic E-state index is 14.2. The highest BCUT2D eigenvalue weighted by atomic mass is 19.1. The van der Waals surface area contributed by atoms with Crippen LogP contribution in [0.3, 0.4) is 0 Å². The van der Waals surface area contributed by atoms with Gasteiger partial charge in [-0.3, -0.25) is 0 Å². The minimum absolute atomic E-state index is 0.0809. The lowest BCUT2D eigenvalue weighted by Crippen LogP contribution is -2.25. The number of benzene rings is 1. The normalized spacial score (nSPS) is 27.8. The second-order valence-electron chi connectivity index (χ2n) is 9.36. The Morgan fingerprint density at radius 1 is 0.893 bits per heavy atom. The molecule has 0 nitrogen and oxygen atoms in total. The molecule has 0 radical (unpaired) electrons. The molecule has 0 spiro atoms. The predicted molar refractivity (Wildman–Crippen MR) is 118 cm³/mol. The molecule has 0 bridgehead atoms. The van der Waals surface area contributed by atoms with Crippen molar-refractivity contribution in [3.8, 4) is 11.8 Å². The third-order valence-corrected chi connectivity index (χ3v) is 7.30. The summed E-state index contributed by atoms with van der Waals surface area (Å²) in [6.07, 6.45) is 16.8. The summed E-state index contributed by atoms with van der Waals surface area (Å²) < 4.78 is 14.2. The summed E-state index contributed by atoms with van der Waals surface area (Å²) in [5, 5.41) is 0. The Morgan fingerprint density at radius 3 is 2.18 bits per heavy atom. The molecule has 2 aliphatic rings. The number of unbranched alkanes of at least 4 members (excludes halogenated alkanes) is 1. The molecule has 1 heteroatoms. The largest absolute Gasteiger partial charge is 0.207 e. The summed E-state index contributed by atoms with van der Waals surface area (Å²) in [6, 6.07) is 5.57. The summed E-state index contributed by atoms with van der Waals surface area (Å²) in [7, 11) is 0. The molecule has 2 saturated carbocycles. The molecule has 0 aromatic heterocycles. The second kappa shape index (κ2) is 11.0. The van der Waals surface area contributed by atoms with E-state index in [9.17, 15) is 4.39 Å². The zero-order valence-corrected chi connectivity index (χ0v) is 18.1. The van der Waals surface area contributed by atoms with Crippen LogP contribution in [0.1, 0.15) is 102 Å². The maximum Gasteiger partial charge on any atom is 0.127 e. The van der Waals surface area contributed by atoms with Crippen molar-refractivity contribution in [2.75, 3.05) is 0 Å². The highest BCUT2D eigenvalue weighted by molar-refractivity contribution is 5.37. The number of hydrogen-bond donors (Lipinski definition) is 0. The molecular weight excluding hydrogens is 343 g/mol. The molecule has 0 N–H and O–H groups in total. The number of hydrogen-bond acceptors (Lipinski definition) is 0. The van der Waals surface area contributed by atoms with E-state index in [4.69, 9.17) is 0 Å². The smallest absolute Gasteiger partial charge is 0.127 e. The fraction of sp³-hybridized carbons (Fsp3) is 0.704. The van der Waals surface area contributed by atoms with E-state index in [1.165, 1.54) is 64.2 Å². The molecule has 1 aromatic carbocycles. The first kappa shape index (κ1) is 21.4. The van der Waals surface area contributed by atoms with E-state index < -0.39 is 0 Å². The Kier molecular flexibility index (Phi) is 8.44. The second-order valence-corrected chi connectivity index (χ2v) is 9.36. The SMILES string of the molecule is CCCCc1ccc(C#CC2CCC([C@H]3CC[C@H](CCC)CC3)CC2)cc1F. The van der Waals surface area contributed by atoms with Gasteiger partial charge in [0.2, 0.25) is 0 Å². The number of halogens is 1. The average Bonchev–Trinajstić information content (AvgIpc) is 2.73. The Labute approximate surface area is 172 Å². The van der Waals surface area contributed by atoms with Crippen LogP contribution in [0, 0.1) is 41.3 Å². The molecule has 0 saturated heterocycles. The van der Waals surface area contributed by atoms with Gasteiger partial charge in [0.25, 0.3) is 0 Å². The van der Waals surface area contributed by atoms with Crippen LogP contribution in [0.25, 0.3) is 0 Å². The van der Waals surface area contributed by atoms with Gasteiger partial charge in [-0.2, -0.15) is 0 Å². The van der Waals surface area contributed by atoms with E-state index in [1.54, 1.807) is 6.07 Å². The van der Waals surface area contributed by atoms with E-state index in [0.717, 1.165) is 48.1 Å². The standard InChI is InChI=1S/C27H39F/c1-3-5-7-26-19-14-23(20-27(26)28)9-8-22-12-17-25(18-13-22)24-15-10-21(6-4-2)11-16-24/h14,19-22,24-25H,3-7,10-13,15-18H2,1-2H3/t21-,22?,24-,25?. The molecule has 2 fully saturated rings. The van der Waals surface area contributed by atoms with Crippen LogP contribution >= 0.6 is 0 Å². The topological polar surface area (TPSA) is 0 Å². The zero-order valence-electron chi connectivity index (χ0n) is 18.1. The van der Waals surface area contributed by atoms with Crippen molar-refractivity contribution in [1.82, 2.24) is 0 Å². The first-order chi connectivity index (χ1) is 13.7. The lowest BCUT2D eigenvalue weighted by atomic mass is 9.69. The van der Waals surface area contributed by atoms with E-state index >= 15 is 0 Å². The Hall–Kier alpha value is -1.29. The van der Waals surface area contributed by atoms with Gasteiger partial charge >= 0.3 is 0 Å². The fourth-order valence-corrected chi connectivity index (χ4v) is 5.47.